The highest BCUT2D eigenvalue weighted by Gasteiger charge is 2.27. The molecule has 2 aromatic rings. The molecule has 0 aromatic heterocycles. The summed E-state index contributed by atoms with van der Waals surface area (Å²) in [6.07, 6.45) is 3.77. The Morgan fingerprint density at radius 2 is 1.76 bits per heavy atom. The zero-order valence-electron chi connectivity index (χ0n) is 20.4. The van der Waals surface area contributed by atoms with Crippen molar-refractivity contribution in [2.75, 3.05) is 12.8 Å². The first-order valence-electron chi connectivity index (χ1n) is 11.7. The highest BCUT2D eigenvalue weighted by Crippen LogP contribution is 2.32. The third kappa shape index (κ3) is 8.12. The third-order valence-corrected chi connectivity index (χ3v) is 6.77. The van der Waals surface area contributed by atoms with E-state index >= 15 is 0 Å². The van der Waals surface area contributed by atoms with Crippen LogP contribution in [0, 0.1) is 17.0 Å². The fourth-order valence-corrected chi connectivity index (χ4v) is 5.49. The molecule has 3 atom stereocenters. The second kappa shape index (κ2) is 10.8. The van der Waals surface area contributed by atoms with Crippen LogP contribution in [0.2, 0.25) is 0 Å². The van der Waals surface area contributed by atoms with Crippen molar-refractivity contribution in [2.24, 2.45) is 5.41 Å². The monoisotopic (exact) mass is 494 g/mol. The maximum absolute atomic E-state index is 13.6. The van der Waals surface area contributed by atoms with E-state index in [1.54, 1.807) is 0 Å². The van der Waals surface area contributed by atoms with E-state index in [0.717, 1.165) is 50.1 Å². The van der Waals surface area contributed by atoms with Gasteiger partial charge in [-0.3, -0.25) is 0 Å². The van der Waals surface area contributed by atoms with E-state index in [1.165, 1.54) is 16.7 Å². The molecule has 0 heterocycles. The van der Waals surface area contributed by atoms with E-state index in [1.807, 2.05) is 0 Å². The van der Waals surface area contributed by atoms with E-state index in [-0.39, 0.29) is 30.0 Å². The number of hydrogen-bond donors (Lipinski definition) is 3. The number of aliphatic hydroxyl groups excluding tert-OH is 1. The van der Waals surface area contributed by atoms with Crippen LogP contribution in [0.3, 0.4) is 0 Å². The lowest BCUT2D eigenvalue weighted by Gasteiger charge is -2.30. The number of nitrogens with one attached hydrogen (secondary N) is 2. The molecule has 8 heteroatoms. The van der Waals surface area contributed by atoms with Gasteiger partial charge in [-0.05, 0) is 71.9 Å². The molecule has 0 saturated heterocycles. The van der Waals surface area contributed by atoms with Crippen LogP contribution in [0.4, 0.5) is 8.78 Å². The molecule has 0 bridgehead atoms. The molecular weight excluding hydrogens is 458 g/mol. The van der Waals surface area contributed by atoms with E-state index in [2.05, 4.69) is 49.0 Å². The highest BCUT2D eigenvalue weighted by molar-refractivity contribution is 7.88. The van der Waals surface area contributed by atoms with Crippen molar-refractivity contribution in [1.82, 2.24) is 10.0 Å². The molecular formula is C26H36F2N2O3S. The van der Waals surface area contributed by atoms with Crippen LogP contribution in [-0.2, 0) is 29.3 Å². The molecule has 5 nitrogen and oxygen atoms in total. The summed E-state index contributed by atoms with van der Waals surface area (Å²) < 4.78 is 53.5. The minimum absolute atomic E-state index is 0.0401. The number of aliphatic hydroxyl groups is 1. The van der Waals surface area contributed by atoms with E-state index in [9.17, 15) is 22.3 Å². The SMILES string of the molecule is CC(C)(C)Cc1ccc2c(c1)[C@@H](NC[C@H](O)[C@H](Cc1cc(F)cc(F)c1)NS(C)(=O)=O)CCC2. The van der Waals surface area contributed by atoms with Crippen molar-refractivity contribution in [3.63, 3.8) is 0 Å². The zero-order chi connectivity index (χ0) is 25.1. The smallest absolute Gasteiger partial charge is 0.209 e. The Kier molecular flexibility index (Phi) is 8.50. The van der Waals surface area contributed by atoms with Gasteiger partial charge in [0.2, 0.25) is 10.0 Å². The van der Waals surface area contributed by atoms with Gasteiger partial charge >= 0.3 is 0 Å². The summed E-state index contributed by atoms with van der Waals surface area (Å²) in [4.78, 5) is 0. The van der Waals surface area contributed by atoms with Crippen molar-refractivity contribution >= 4 is 10.0 Å². The van der Waals surface area contributed by atoms with Crippen LogP contribution in [0.1, 0.15) is 61.9 Å². The Morgan fingerprint density at radius 3 is 2.38 bits per heavy atom. The molecule has 1 aliphatic rings. The molecule has 0 aliphatic heterocycles. The Bertz CT molecular complexity index is 1080. The van der Waals surface area contributed by atoms with Gasteiger partial charge in [0.25, 0.3) is 0 Å². The van der Waals surface area contributed by atoms with Gasteiger partial charge in [0.1, 0.15) is 11.6 Å². The predicted octanol–water partition coefficient (Wildman–Crippen LogP) is 4.04. The maximum atomic E-state index is 13.6. The average Bonchev–Trinajstić information content (AvgIpc) is 2.68. The Labute approximate surface area is 202 Å². The number of fused-ring (bicyclic) bond motifs is 1. The standard InChI is InChI=1S/C26H36F2N2O3S/c1-26(2,3)15-17-8-9-19-6-5-7-23(22(19)12-17)29-16-25(31)24(30-34(4,32)33)13-18-10-20(27)14-21(28)11-18/h8-12,14,23-25,29-31H,5-7,13,15-16H2,1-4H3/t23-,24-,25-/m0/s1. The van der Waals surface area contributed by atoms with Gasteiger partial charge in [-0.2, -0.15) is 0 Å². The number of aryl methyl sites for hydroxylation is 1. The lowest BCUT2D eigenvalue weighted by molar-refractivity contribution is 0.130. The first kappa shape index (κ1) is 26.7. The summed E-state index contributed by atoms with van der Waals surface area (Å²) in [6.45, 7) is 6.76. The molecule has 3 rings (SSSR count). The van der Waals surface area contributed by atoms with Gasteiger partial charge in [-0.25, -0.2) is 21.9 Å². The van der Waals surface area contributed by atoms with Crippen molar-refractivity contribution in [1.29, 1.82) is 0 Å². The summed E-state index contributed by atoms with van der Waals surface area (Å²) in [5.74, 6) is -1.49. The number of sulfonamides is 1. The van der Waals surface area contributed by atoms with Crippen molar-refractivity contribution in [3.8, 4) is 0 Å². The largest absolute Gasteiger partial charge is 0.390 e. The number of rotatable bonds is 9. The molecule has 188 valence electrons. The molecule has 0 radical (unpaired) electrons. The number of benzene rings is 2. The van der Waals surface area contributed by atoms with E-state index in [0.29, 0.717) is 0 Å². The molecule has 0 amide bonds. The minimum Gasteiger partial charge on any atom is -0.390 e. The van der Waals surface area contributed by atoms with Crippen LogP contribution in [0.25, 0.3) is 0 Å². The molecule has 0 unspecified atom stereocenters. The quantitative estimate of drug-likeness (QED) is 0.492. The van der Waals surface area contributed by atoms with Crippen LogP contribution in [0.15, 0.2) is 36.4 Å². The molecule has 2 aromatic carbocycles. The van der Waals surface area contributed by atoms with Gasteiger partial charge in [0.15, 0.2) is 0 Å². The predicted molar refractivity (Wildman–Crippen MR) is 131 cm³/mol. The molecule has 1 aliphatic carbocycles. The second-order valence-corrected chi connectivity index (χ2v) is 12.4. The van der Waals surface area contributed by atoms with Crippen molar-refractivity contribution < 1.29 is 22.3 Å². The third-order valence-electron chi connectivity index (χ3n) is 6.04. The summed E-state index contributed by atoms with van der Waals surface area (Å²) >= 11 is 0. The first-order valence-corrected chi connectivity index (χ1v) is 13.6. The van der Waals surface area contributed by atoms with E-state index < -0.39 is 33.8 Å². The fourth-order valence-electron chi connectivity index (χ4n) is 4.70. The van der Waals surface area contributed by atoms with Crippen LogP contribution < -0.4 is 10.0 Å². The van der Waals surface area contributed by atoms with Gasteiger partial charge in [-0.15, -0.1) is 0 Å². The highest BCUT2D eigenvalue weighted by atomic mass is 32.2. The Balaban J connectivity index is 1.74. The topological polar surface area (TPSA) is 78.4 Å². The second-order valence-electron chi connectivity index (χ2n) is 10.7. The van der Waals surface area contributed by atoms with Crippen molar-refractivity contribution in [2.45, 2.75) is 71.1 Å². The summed E-state index contributed by atoms with van der Waals surface area (Å²) in [5, 5.41) is 14.3. The van der Waals surface area contributed by atoms with Crippen LogP contribution in [-0.4, -0.2) is 38.5 Å². The maximum Gasteiger partial charge on any atom is 0.209 e. The molecule has 34 heavy (non-hydrogen) atoms. The van der Waals surface area contributed by atoms with Crippen LogP contribution >= 0.6 is 0 Å². The summed E-state index contributed by atoms with van der Waals surface area (Å²) in [5.41, 5.74) is 4.22. The normalized spacial score (nSPS) is 18.4. The minimum atomic E-state index is -3.65. The lowest BCUT2D eigenvalue weighted by atomic mass is 9.82. The number of halogens is 2. The molecule has 0 fully saturated rings. The number of hydrogen-bond acceptors (Lipinski definition) is 4. The summed E-state index contributed by atoms with van der Waals surface area (Å²) in [7, 11) is -3.65. The van der Waals surface area contributed by atoms with Crippen LogP contribution in [0.5, 0.6) is 0 Å². The summed E-state index contributed by atoms with van der Waals surface area (Å²) in [6, 6.07) is 8.78. The van der Waals surface area contributed by atoms with E-state index in [4.69, 9.17) is 0 Å². The molecule has 0 spiro atoms. The lowest BCUT2D eigenvalue weighted by Crippen LogP contribution is -2.49. The molecule has 0 saturated carbocycles. The molecule has 3 N–H and O–H groups in total. The Hall–Kier alpha value is -1.87. The zero-order valence-corrected chi connectivity index (χ0v) is 21.2. The van der Waals surface area contributed by atoms with Gasteiger partial charge in [-0.1, -0.05) is 39.0 Å². The van der Waals surface area contributed by atoms with Gasteiger partial charge < -0.3 is 10.4 Å². The Morgan fingerprint density at radius 1 is 1.09 bits per heavy atom. The average molecular weight is 495 g/mol. The van der Waals surface area contributed by atoms with Gasteiger partial charge in [0.05, 0.1) is 18.4 Å². The first-order chi connectivity index (χ1) is 15.8. The van der Waals surface area contributed by atoms with Crippen molar-refractivity contribution in [3.05, 3.63) is 70.3 Å². The fraction of sp³-hybridized carbons (Fsp3) is 0.538. The van der Waals surface area contributed by atoms with Gasteiger partial charge in [0, 0.05) is 18.7 Å².